The molecule has 2 heterocycles. The number of carbonyl (C=O) groups excluding carboxylic acids is 1. The van der Waals surface area contributed by atoms with Gasteiger partial charge in [0, 0.05) is 10.9 Å². The number of hydrogen-bond acceptors (Lipinski definition) is 7. The first-order valence-corrected chi connectivity index (χ1v) is 10.5. The van der Waals surface area contributed by atoms with Crippen LogP contribution in [0.4, 0.5) is 0 Å². The van der Waals surface area contributed by atoms with Crippen LogP contribution in [0.25, 0.3) is 0 Å². The van der Waals surface area contributed by atoms with Crippen LogP contribution in [-0.4, -0.2) is 26.2 Å². The van der Waals surface area contributed by atoms with Crippen molar-refractivity contribution >= 4 is 28.9 Å². The summed E-state index contributed by atoms with van der Waals surface area (Å²) in [6, 6.07) is 7.82. The summed E-state index contributed by atoms with van der Waals surface area (Å²) in [5, 5.41) is 11.2. The molecule has 1 unspecified atom stereocenters. The van der Waals surface area contributed by atoms with E-state index in [0.717, 1.165) is 10.7 Å². The molecule has 0 aliphatic heterocycles. The summed E-state index contributed by atoms with van der Waals surface area (Å²) >= 11 is 2.88. The normalized spacial score (nSPS) is 12.9. The summed E-state index contributed by atoms with van der Waals surface area (Å²) in [5.74, 6) is 0.562. The molecule has 0 N–H and O–H groups in total. The third-order valence-corrected chi connectivity index (χ3v) is 5.89. The number of nitrogens with zero attached hydrogens (tertiary/aromatic N) is 3. The largest absolute Gasteiger partial charge is 0.416 e. The van der Waals surface area contributed by atoms with Crippen molar-refractivity contribution in [2.24, 2.45) is 0 Å². The molecule has 142 valence electrons. The number of Topliss-reactive ketones (excluding diaryl/α,β-unsaturated/α-hetero) is 1. The predicted octanol–water partition coefficient (Wildman–Crippen LogP) is 5.09. The second-order valence-corrected chi connectivity index (χ2v) is 9.80. The van der Waals surface area contributed by atoms with Crippen molar-refractivity contribution in [2.75, 3.05) is 0 Å². The van der Waals surface area contributed by atoms with Gasteiger partial charge in [0.25, 0.3) is 5.22 Å². The lowest BCUT2D eigenvalue weighted by molar-refractivity contribution is 0.0993. The zero-order chi connectivity index (χ0) is 19.6. The van der Waals surface area contributed by atoms with Gasteiger partial charge in [-0.15, -0.1) is 21.5 Å². The van der Waals surface area contributed by atoms with E-state index in [1.54, 1.807) is 11.3 Å². The van der Waals surface area contributed by atoms with Crippen molar-refractivity contribution in [3.8, 4) is 0 Å². The number of aryl methyl sites for hydroxylation is 1. The molecule has 0 amide bonds. The van der Waals surface area contributed by atoms with Crippen LogP contribution in [0.2, 0.25) is 0 Å². The minimum Gasteiger partial charge on any atom is -0.416 e. The fraction of sp³-hybridized carbons (Fsp3) is 0.400. The fourth-order valence-corrected chi connectivity index (χ4v) is 3.97. The van der Waals surface area contributed by atoms with Crippen LogP contribution in [0.3, 0.4) is 0 Å². The van der Waals surface area contributed by atoms with Crippen molar-refractivity contribution in [2.45, 2.75) is 56.9 Å². The Balaban J connectivity index is 1.63. The van der Waals surface area contributed by atoms with Gasteiger partial charge in [-0.25, -0.2) is 4.98 Å². The molecule has 3 aromatic rings. The van der Waals surface area contributed by atoms with Gasteiger partial charge in [0.1, 0.15) is 0 Å². The number of ketones is 1. The molecule has 0 spiro atoms. The van der Waals surface area contributed by atoms with Gasteiger partial charge in [0.2, 0.25) is 5.89 Å². The zero-order valence-corrected chi connectivity index (χ0v) is 17.8. The Morgan fingerprint density at radius 2 is 1.93 bits per heavy atom. The Morgan fingerprint density at radius 3 is 2.52 bits per heavy atom. The molecule has 1 atom stereocenters. The van der Waals surface area contributed by atoms with Gasteiger partial charge in [-0.3, -0.25) is 4.79 Å². The lowest BCUT2D eigenvalue weighted by Gasteiger charge is -2.19. The van der Waals surface area contributed by atoms with Crippen molar-refractivity contribution in [3.63, 3.8) is 0 Å². The highest BCUT2D eigenvalue weighted by Gasteiger charge is 2.21. The molecule has 2 aromatic heterocycles. The fourth-order valence-electron chi connectivity index (χ4n) is 2.58. The number of thiazole rings is 1. The molecular formula is C20H23N3O2S2. The van der Waals surface area contributed by atoms with Crippen LogP contribution in [0.1, 0.15) is 60.2 Å². The van der Waals surface area contributed by atoms with E-state index in [2.05, 4.69) is 36.0 Å². The Bertz CT molecular complexity index is 923. The maximum atomic E-state index is 12.7. The maximum absolute atomic E-state index is 12.7. The van der Waals surface area contributed by atoms with Crippen LogP contribution >= 0.6 is 23.1 Å². The highest BCUT2D eigenvalue weighted by molar-refractivity contribution is 8.00. The first kappa shape index (κ1) is 19.8. The summed E-state index contributed by atoms with van der Waals surface area (Å²) in [6.07, 6.45) is 0.508. The van der Waals surface area contributed by atoms with Crippen molar-refractivity contribution in [1.29, 1.82) is 0 Å². The molecule has 0 radical (unpaired) electrons. The van der Waals surface area contributed by atoms with Crippen LogP contribution in [0, 0.1) is 6.92 Å². The molecular weight excluding hydrogens is 378 g/mol. The summed E-state index contributed by atoms with van der Waals surface area (Å²) in [5.41, 5.74) is 2.89. The summed E-state index contributed by atoms with van der Waals surface area (Å²) in [6.45, 7) is 10.3. The van der Waals surface area contributed by atoms with Crippen LogP contribution in [0.15, 0.2) is 39.3 Å². The van der Waals surface area contributed by atoms with E-state index in [1.807, 2.05) is 43.5 Å². The van der Waals surface area contributed by atoms with Gasteiger partial charge in [-0.1, -0.05) is 56.8 Å². The van der Waals surface area contributed by atoms with E-state index in [4.69, 9.17) is 4.42 Å². The number of aromatic nitrogens is 3. The molecule has 3 rings (SSSR count). The minimum atomic E-state index is -0.305. The molecule has 0 fully saturated rings. The lowest BCUT2D eigenvalue weighted by Crippen LogP contribution is -2.15. The molecule has 0 aliphatic rings. The van der Waals surface area contributed by atoms with E-state index >= 15 is 0 Å². The van der Waals surface area contributed by atoms with E-state index in [-0.39, 0.29) is 16.4 Å². The SMILES string of the molecule is Cc1nc(Cc2nnc(SC(C)C(=O)c3ccc(C(C)(C)C)cc3)o2)cs1. The van der Waals surface area contributed by atoms with Crippen molar-refractivity contribution < 1.29 is 9.21 Å². The Kier molecular flexibility index (Phi) is 5.81. The van der Waals surface area contributed by atoms with Crippen molar-refractivity contribution in [1.82, 2.24) is 15.2 Å². The molecule has 1 aromatic carbocycles. The van der Waals surface area contributed by atoms with E-state index in [0.29, 0.717) is 23.1 Å². The van der Waals surface area contributed by atoms with Crippen LogP contribution in [-0.2, 0) is 11.8 Å². The molecule has 27 heavy (non-hydrogen) atoms. The number of carbonyl (C=O) groups is 1. The first-order chi connectivity index (χ1) is 12.7. The highest BCUT2D eigenvalue weighted by Crippen LogP contribution is 2.27. The van der Waals surface area contributed by atoms with E-state index in [1.165, 1.54) is 17.3 Å². The van der Waals surface area contributed by atoms with E-state index in [9.17, 15) is 4.79 Å². The second-order valence-electron chi connectivity index (χ2n) is 7.45. The van der Waals surface area contributed by atoms with Gasteiger partial charge in [0.15, 0.2) is 5.78 Å². The van der Waals surface area contributed by atoms with Crippen molar-refractivity contribution in [3.05, 3.63) is 57.4 Å². The zero-order valence-electron chi connectivity index (χ0n) is 16.1. The molecule has 0 saturated heterocycles. The number of rotatable bonds is 6. The Labute approximate surface area is 167 Å². The standard InChI is InChI=1S/C20H23N3O2S2/c1-12(18(24)14-6-8-15(9-7-14)20(3,4)5)27-19-23-22-17(25-19)10-16-11-26-13(2)21-16/h6-9,11-12H,10H2,1-5H3. The van der Waals surface area contributed by atoms with Gasteiger partial charge < -0.3 is 4.42 Å². The number of hydrogen-bond donors (Lipinski definition) is 0. The number of thioether (sulfide) groups is 1. The van der Waals surface area contributed by atoms with Gasteiger partial charge in [0.05, 0.1) is 22.4 Å². The molecule has 5 nitrogen and oxygen atoms in total. The van der Waals surface area contributed by atoms with Crippen LogP contribution < -0.4 is 0 Å². The monoisotopic (exact) mass is 401 g/mol. The third kappa shape index (κ3) is 5.05. The minimum absolute atomic E-state index is 0.0512. The Morgan fingerprint density at radius 1 is 1.22 bits per heavy atom. The quantitative estimate of drug-likeness (QED) is 0.423. The van der Waals surface area contributed by atoms with Crippen LogP contribution in [0.5, 0.6) is 0 Å². The van der Waals surface area contributed by atoms with Gasteiger partial charge in [-0.2, -0.15) is 0 Å². The maximum Gasteiger partial charge on any atom is 0.277 e. The number of benzene rings is 1. The smallest absolute Gasteiger partial charge is 0.277 e. The average Bonchev–Trinajstić information content (AvgIpc) is 3.22. The summed E-state index contributed by atoms with van der Waals surface area (Å²) < 4.78 is 5.67. The summed E-state index contributed by atoms with van der Waals surface area (Å²) in [7, 11) is 0. The van der Waals surface area contributed by atoms with E-state index < -0.39 is 0 Å². The molecule has 0 aliphatic carbocycles. The highest BCUT2D eigenvalue weighted by atomic mass is 32.2. The molecule has 0 saturated carbocycles. The molecule has 7 heteroatoms. The van der Waals surface area contributed by atoms with Gasteiger partial charge in [-0.05, 0) is 24.8 Å². The Hall–Kier alpha value is -1.99. The average molecular weight is 402 g/mol. The molecule has 0 bridgehead atoms. The predicted molar refractivity (Wildman–Crippen MR) is 109 cm³/mol. The first-order valence-electron chi connectivity index (χ1n) is 8.77. The lowest BCUT2D eigenvalue weighted by atomic mass is 9.86. The topological polar surface area (TPSA) is 68.9 Å². The second kappa shape index (κ2) is 7.94. The summed E-state index contributed by atoms with van der Waals surface area (Å²) in [4.78, 5) is 17.1. The van der Waals surface area contributed by atoms with Gasteiger partial charge >= 0.3 is 0 Å². The third-order valence-electron chi connectivity index (χ3n) is 4.13.